The zero-order valence-electron chi connectivity index (χ0n) is 18.7. The van der Waals surface area contributed by atoms with Crippen molar-refractivity contribution in [2.45, 2.75) is 24.2 Å². The van der Waals surface area contributed by atoms with Crippen LogP contribution in [0.25, 0.3) is 0 Å². The highest BCUT2D eigenvalue weighted by Crippen LogP contribution is 2.47. The monoisotopic (exact) mass is 483 g/mol. The smallest absolute Gasteiger partial charge is 0.269 e. The number of hydrogen-bond acceptors (Lipinski definition) is 6. The Bertz CT molecular complexity index is 1290. The van der Waals surface area contributed by atoms with Crippen LogP contribution in [-0.2, 0) is 21.9 Å². The fraction of sp³-hybridized carbons (Fsp3) is 0.261. The Morgan fingerprint density at radius 1 is 1.09 bits per heavy atom. The SMILES string of the molecule is CCOc1ccc(S(=O)(=O)Nc2ccc(C(=O)NNC(=O)C3CC3c3cnn(C)c3)cc2)cc1. The molecule has 1 heterocycles. The van der Waals surface area contributed by atoms with Crippen molar-refractivity contribution < 1.29 is 22.7 Å². The van der Waals surface area contributed by atoms with Crippen molar-refractivity contribution >= 4 is 27.5 Å². The van der Waals surface area contributed by atoms with Gasteiger partial charge in [-0.25, -0.2) is 8.42 Å². The summed E-state index contributed by atoms with van der Waals surface area (Å²) in [4.78, 5) is 24.7. The lowest BCUT2D eigenvalue weighted by Gasteiger charge is -2.10. The highest BCUT2D eigenvalue weighted by Gasteiger charge is 2.44. The van der Waals surface area contributed by atoms with Crippen LogP contribution in [0.3, 0.4) is 0 Å². The number of nitrogens with zero attached hydrogens (tertiary/aromatic N) is 2. The molecular weight excluding hydrogens is 458 g/mol. The lowest BCUT2D eigenvalue weighted by atomic mass is 10.2. The van der Waals surface area contributed by atoms with Crippen LogP contribution in [0.2, 0.25) is 0 Å². The largest absolute Gasteiger partial charge is 0.494 e. The summed E-state index contributed by atoms with van der Waals surface area (Å²) in [6.45, 7) is 2.33. The number of aromatic nitrogens is 2. The molecule has 0 saturated heterocycles. The van der Waals surface area contributed by atoms with Gasteiger partial charge in [0.25, 0.3) is 15.9 Å². The molecule has 1 aliphatic carbocycles. The number of anilines is 1. The molecule has 4 rings (SSSR count). The molecule has 2 amide bonds. The van der Waals surface area contributed by atoms with Crippen LogP contribution in [0, 0.1) is 5.92 Å². The minimum Gasteiger partial charge on any atom is -0.494 e. The van der Waals surface area contributed by atoms with Gasteiger partial charge in [-0.1, -0.05) is 0 Å². The van der Waals surface area contributed by atoms with Gasteiger partial charge in [0.15, 0.2) is 0 Å². The Labute approximate surface area is 197 Å². The van der Waals surface area contributed by atoms with E-state index in [0.717, 1.165) is 5.56 Å². The zero-order valence-corrected chi connectivity index (χ0v) is 19.5. The molecule has 1 aromatic heterocycles. The van der Waals surface area contributed by atoms with Crippen molar-refractivity contribution in [3.8, 4) is 5.75 Å². The average Bonchev–Trinajstić information content (AvgIpc) is 3.51. The molecule has 2 aromatic carbocycles. The minimum atomic E-state index is -3.80. The van der Waals surface area contributed by atoms with Crippen molar-refractivity contribution in [1.82, 2.24) is 20.6 Å². The lowest BCUT2D eigenvalue weighted by Crippen LogP contribution is -2.42. The lowest BCUT2D eigenvalue weighted by molar-refractivity contribution is -0.123. The number of hydrazine groups is 1. The second-order valence-corrected chi connectivity index (χ2v) is 9.61. The predicted octanol–water partition coefficient (Wildman–Crippen LogP) is 2.18. The number of benzene rings is 2. The number of sulfonamides is 1. The fourth-order valence-electron chi connectivity index (χ4n) is 3.55. The van der Waals surface area contributed by atoms with E-state index in [9.17, 15) is 18.0 Å². The molecule has 0 bridgehead atoms. The number of carbonyl (C=O) groups is 2. The first-order chi connectivity index (χ1) is 16.3. The predicted molar refractivity (Wildman–Crippen MR) is 125 cm³/mol. The van der Waals surface area contributed by atoms with Crippen molar-refractivity contribution in [3.05, 3.63) is 72.1 Å². The molecule has 10 nitrogen and oxygen atoms in total. The van der Waals surface area contributed by atoms with Gasteiger partial charge in [-0.05, 0) is 73.4 Å². The van der Waals surface area contributed by atoms with Crippen molar-refractivity contribution in [2.24, 2.45) is 13.0 Å². The van der Waals surface area contributed by atoms with Gasteiger partial charge in [0.05, 0.1) is 17.7 Å². The molecule has 11 heteroatoms. The summed E-state index contributed by atoms with van der Waals surface area (Å²) in [5.41, 5.74) is 6.41. The fourth-order valence-corrected chi connectivity index (χ4v) is 4.61. The van der Waals surface area contributed by atoms with Crippen LogP contribution < -0.4 is 20.3 Å². The molecule has 1 fully saturated rings. The van der Waals surface area contributed by atoms with E-state index in [1.165, 1.54) is 36.4 Å². The molecular formula is C23H25N5O5S. The van der Waals surface area contributed by atoms with Gasteiger partial charge in [0, 0.05) is 30.4 Å². The molecule has 178 valence electrons. The third-order valence-corrected chi connectivity index (χ3v) is 6.82. The van der Waals surface area contributed by atoms with Crippen molar-refractivity contribution in [3.63, 3.8) is 0 Å². The highest BCUT2D eigenvalue weighted by atomic mass is 32.2. The van der Waals surface area contributed by atoms with E-state index in [4.69, 9.17) is 4.74 Å². The molecule has 1 saturated carbocycles. The van der Waals surface area contributed by atoms with Gasteiger partial charge in [-0.3, -0.25) is 29.8 Å². The second kappa shape index (κ2) is 9.56. The molecule has 2 atom stereocenters. The number of nitrogens with one attached hydrogen (secondary N) is 3. The maximum atomic E-state index is 12.6. The van der Waals surface area contributed by atoms with Gasteiger partial charge in [0.2, 0.25) is 5.91 Å². The summed E-state index contributed by atoms with van der Waals surface area (Å²) in [6, 6.07) is 12.0. The van der Waals surface area contributed by atoms with E-state index in [0.29, 0.717) is 24.5 Å². The van der Waals surface area contributed by atoms with Crippen LogP contribution in [0.15, 0.2) is 65.8 Å². The Hall–Kier alpha value is -3.86. The van der Waals surface area contributed by atoms with E-state index in [1.807, 2.05) is 20.2 Å². The molecule has 1 aliphatic rings. The summed E-state index contributed by atoms with van der Waals surface area (Å²) in [5, 5.41) is 4.11. The topological polar surface area (TPSA) is 131 Å². The number of hydrogen-bond donors (Lipinski definition) is 3. The first-order valence-corrected chi connectivity index (χ1v) is 12.2. The Kier molecular flexibility index (Phi) is 6.55. The third kappa shape index (κ3) is 5.37. The second-order valence-electron chi connectivity index (χ2n) is 7.93. The Morgan fingerprint density at radius 3 is 2.41 bits per heavy atom. The minimum absolute atomic E-state index is 0.0881. The van der Waals surface area contributed by atoms with E-state index in [2.05, 4.69) is 20.7 Å². The van der Waals surface area contributed by atoms with E-state index >= 15 is 0 Å². The van der Waals surface area contributed by atoms with Crippen LogP contribution in [0.1, 0.15) is 35.2 Å². The van der Waals surface area contributed by atoms with Crippen LogP contribution in [0.4, 0.5) is 5.69 Å². The van der Waals surface area contributed by atoms with Crippen LogP contribution in [-0.4, -0.2) is 36.6 Å². The number of carbonyl (C=O) groups excluding carboxylic acids is 2. The van der Waals surface area contributed by atoms with Crippen LogP contribution in [0.5, 0.6) is 5.75 Å². The van der Waals surface area contributed by atoms with E-state index in [1.54, 1.807) is 23.0 Å². The zero-order chi connectivity index (χ0) is 24.3. The number of rotatable bonds is 8. The quantitative estimate of drug-likeness (QED) is 0.421. The standard InChI is InChI=1S/C23H25N5O5S/c1-3-33-18-8-10-19(11-9-18)34(31,32)27-17-6-4-15(5-7-17)22(29)25-26-23(30)21-12-20(21)16-13-24-28(2)14-16/h4-11,13-14,20-21,27H,3,12H2,1-2H3,(H,25,29)(H,26,30). The first-order valence-electron chi connectivity index (χ1n) is 10.7. The van der Waals surface area contributed by atoms with Gasteiger partial charge in [-0.15, -0.1) is 0 Å². The third-order valence-electron chi connectivity index (χ3n) is 5.42. The molecule has 0 aliphatic heterocycles. The number of ether oxygens (including phenoxy) is 1. The highest BCUT2D eigenvalue weighted by molar-refractivity contribution is 7.92. The summed E-state index contributed by atoms with van der Waals surface area (Å²) in [6.07, 6.45) is 4.32. The summed E-state index contributed by atoms with van der Waals surface area (Å²) in [5.74, 6) is -0.287. The van der Waals surface area contributed by atoms with Gasteiger partial charge in [0.1, 0.15) is 5.75 Å². The van der Waals surface area contributed by atoms with Crippen molar-refractivity contribution in [2.75, 3.05) is 11.3 Å². The summed E-state index contributed by atoms with van der Waals surface area (Å²) < 4.78 is 34.6. The maximum absolute atomic E-state index is 12.6. The Balaban J connectivity index is 1.29. The molecule has 3 N–H and O–H groups in total. The Morgan fingerprint density at radius 2 is 1.79 bits per heavy atom. The maximum Gasteiger partial charge on any atom is 0.269 e. The van der Waals surface area contributed by atoms with Crippen molar-refractivity contribution in [1.29, 1.82) is 0 Å². The summed E-state index contributed by atoms with van der Waals surface area (Å²) in [7, 11) is -1.98. The number of amides is 2. The van der Waals surface area contributed by atoms with Gasteiger partial charge < -0.3 is 4.74 Å². The average molecular weight is 484 g/mol. The van der Waals surface area contributed by atoms with Crippen LogP contribution >= 0.6 is 0 Å². The molecule has 0 radical (unpaired) electrons. The van der Waals surface area contributed by atoms with Gasteiger partial charge in [-0.2, -0.15) is 5.10 Å². The van der Waals surface area contributed by atoms with E-state index < -0.39 is 15.9 Å². The molecule has 34 heavy (non-hydrogen) atoms. The molecule has 3 aromatic rings. The van der Waals surface area contributed by atoms with E-state index in [-0.39, 0.29) is 28.2 Å². The molecule has 0 spiro atoms. The number of aryl methyl sites for hydroxylation is 1. The molecule has 2 unspecified atom stereocenters. The first kappa shape index (κ1) is 23.3. The summed E-state index contributed by atoms with van der Waals surface area (Å²) >= 11 is 0. The van der Waals surface area contributed by atoms with Gasteiger partial charge >= 0.3 is 0 Å². The normalized spacial score (nSPS) is 17.0.